The minimum Gasteiger partial charge on any atom is -0.426 e. The summed E-state index contributed by atoms with van der Waals surface area (Å²) in [6.07, 6.45) is 2.01. The Morgan fingerprint density at radius 3 is 2.79 bits per heavy atom. The lowest BCUT2D eigenvalue weighted by Crippen LogP contribution is -2.09. The van der Waals surface area contributed by atoms with E-state index in [2.05, 4.69) is 10.1 Å². The number of aryl methyl sites for hydroxylation is 1. The Morgan fingerprint density at radius 2 is 2.04 bits per heavy atom. The quantitative estimate of drug-likeness (QED) is 0.285. The molecule has 0 aliphatic rings. The van der Waals surface area contributed by atoms with E-state index in [0.717, 1.165) is 0 Å². The van der Waals surface area contributed by atoms with Crippen LogP contribution in [-0.2, 0) is 11.2 Å². The molecule has 0 aliphatic heterocycles. The zero-order chi connectivity index (χ0) is 19.5. The van der Waals surface area contributed by atoms with Gasteiger partial charge < -0.3 is 13.7 Å². The molecule has 1 aromatic carbocycles. The highest BCUT2D eigenvalue weighted by atomic mass is 35.5. The molecule has 0 radical (unpaired) electrons. The van der Waals surface area contributed by atoms with E-state index >= 15 is 0 Å². The number of carbonyl (C=O) groups is 1. The van der Waals surface area contributed by atoms with Crippen LogP contribution in [0.15, 0.2) is 68.5 Å². The van der Waals surface area contributed by atoms with E-state index in [0.29, 0.717) is 34.4 Å². The van der Waals surface area contributed by atoms with Gasteiger partial charge in [-0.2, -0.15) is 0 Å². The maximum Gasteiger partial charge on any atom is 0.345 e. The van der Waals surface area contributed by atoms with Crippen molar-refractivity contribution >= 4 is 28.5 Å². The first-order chi connectivity index (χ1) is 13.6. The topological polar surface area (TPSA) is 95.4 Å². The molecule has 0 saturated heterocycles. The van der Waals surface area contributed by atoms with Crippen LogP contribution in [-0.4, -0.2) is 16.1 Å². The molecule has 0 atom stereocenters. The summed E-state index contributed by atoms with van der Waals surface area (Å²) in [5.74, 6) is 0.315. The molecule has 140 valence electrons. The van der Waals surface area contributed by atoms with Crippen molar-refractivity contribution in [3.63, 3.8) is 0 Å². The Hall–Kier alpha value is -3.45. The number of aromatic nitrogens is 2. The van der Waals surface area contributed by atoms with Gasteiger partial charge in [0.05, 0.1) is 17.7 Å². The summed E-state index contributed by atoms with van der Waals surface area (Å²) in [6.45, 7) is 0. The van der Waals surface area contributed by atoms with Crippen molar-refractivity contribution in [3.05, 3.63) is 76.1 Å². The van der Waals surface area contributed by atoms with E-state index in [1.165, 1.54) is 6.07 Å². The predicted molar refractivity (Wildman–Crippen MR) is 101 cm³/mol. The van der Waals surface area contributed by atoms with Crippen molar-refractivity contribution in [3.8, 4) is 17.0 Å². The van der Waals surface area contributed by atoms with Crippen LogP contribution in [0.1, 0.15) is 12.2 Å². The standard InChI is InChI=1S/C20H13ClN2O5/c21-18-11-14(28-23-18)6-7-19(24)26-13-5-4-12-9-15(16-3-1-2-8-22-16)20(25)27-17(12)10-13/h1-5,8-11H,6-7H2. The van der Waals surface area contributed by atoms with Crippen molar-refractivity contribution in [1.29, 1.82) is 0 Å². The third-order valence-corrected chi connectivity index (χ3v) is 4.16. The number of rotatable bonds is 5. The van der Waals surface area contributed by atoms with Crippen molar-refractivity contribution in [2.24, 2.45) is 0 Å². The lowest BCUT2D eigenvalue weighted by atomic mass is 10.1. The first-order valence-corrected chi connectivity index (χ1v) is 8.77. The van der Waals surface area contributed by atoms with Crippen LogP contribution < -0.4 is 10.4 Å². The van der Waals surface area contributed by atoms with Crippen LogP contribution in [0.25, 0.3) is 22.2 Å². The van der Waals surface area contributed by atoms with Crippen molar-refractivity contribution in [2.75, 3.05) is 0 Å². The summed E-state index contributed by atoms with van der Waals surface area (Å²) in [6, 6.07) is 13.4. The average molecular weight is 397 g/mol. The largest absolute Gasteiger partial charge is 0.426 e. The number of hydrogen-bond acceptors (Lipinski definition) is 7. The number of hydrogen-bond donors (Lipinski definition) is 0. The number of fused-ring (bicyclic) bond motifs is 1. The number of esters is 1. The zero-order valence-corrected chi connectivity index (χ0v) is 15.2. The Balaban J connectivity index is 1.51. The van der Waals surface area contributed by atoms with Gasteiger partial charge in [0.1, 0.15) is 17.1 Å². The van der Waals surface area contributed by atoms with Crippen molar-refractivity contribution in [1.82, 2.24) is 10.1 Å². The number of ether oxygens (including phenoxy) is 1. The first-order valence-electron chi connectivity index (χ1n) is 8.39. The third kappa shape index (κ3) is 3.94. The van der Waals surface area contributed by atoms with Crippen LogP contribution in [0.5, 0.6) is 5.75 Å². The maximum atomic E-state index is 12.3. The van der Waals surface area contributed by atoms with E-state index in [9.17, 15) is 9.59 Å². The number of pyridine rings is 1. The summed E-state index contributed by atoms with van der Waals surface area (Å²) in [4.78, 5) is 28.5. The molecule has 4 aromatic rings. The second kappa shape index (κ2) is 7.66. The molecular weight excluding hydrogens is 384 g/mol. The minimum atomic E-state index is -0.517. The third-order valence-electron chi connectivity index (χ3n) is 3.99. The van der Waals surface area contributed by atoms with Gasteiger partial charge in [-0.05, 0) is 30.3 Å². The highest BCUT2D eigenvalue weighted by Crippen LogP contribution is 2.24. The van der Waals surface area contributed by atoms with E-state index in [-0.39, 0.29) is 17.3 Å². The fraction of sp³-hybridized carbons (Fsp3) is 0.100. The summed E-state index contributed by atoms with van der Waals surface area (Å²) in [5, 5.41) is 4.47. The first kappa shape index (κ1) is 17.9. The number of benzene rings is 1. The normalized spacial score (nSPS) is 10.9. The van der Waals surface area contributed by atoms with Crippen molar-refractivity contribution < 1.29 is 18.5 Å². The van der Waals surface area contributed by atoms with E-state index < -0.39 is 11.6 Å². The van der Waals surface area contributed by atoms with Crippen LogP contribution in [0.2, 0.25) is 5.15 Å². The van der Waals surface area contributed by atoms with Gasteiger partial charge in [0, 0.05) is 30.1 Å². The number of halogens is 1. The molecule has 0 bridgehead atoms. The second-order valence-electron chi connectivity index (χ2n) is 5.95. The lowest BCUT2D eigenvalue weighted by molar-refractivity contribution is -0.134. The number of nitrogens with zero attached hydrogens (tertiary/aromatic N) is 2. The van der Waals surface area contributed by atoms with Gasteiger partial charge in [0.15, 0.2) is 5.15 Å². The van der Waals surface area contributed by atoms with E-state index in [4.69, 9.17) is 25.3 Å². The fourth-order valence-electron chi connectivity index (χ4n) is 2.67. The monoisotopic (exact) mass is 396 g/mol. The van der Waals surface area contributed by atoms with Gasteiger partial charge in [-0.3, -0.25) is 9.78 Å². The second-order valence-corrected chi connectivity index (χ2v) is 6.34. The van der Waals surface area contributed by atoms with Crippen LogP contribution in [0.3, 0.4) is 0 Å². The lowest BCUT2D eigenvalue weighted by Gasteiger charge is -2.06. The van der Waals surface area contributed by atoms with Gasteiger partial charge in [-0.25, -0.2) is 4.79 Å². The van der Waals surface area contributed by atoms with E-state index in [1.807, 2.05) is 0 Å². The molecule has 0 fully saturated rings. The summed E-state index contributed by atoms with van der Waals surface area (Å²) < 4.78 is 15.6. The van der Waals surface area contributed by atoms with E-state index in [1.54, 1.807) is 48.7 Å². The molecule has 0 N–H and O–H groups in total. The molecule has 0 aliphatic carbocycles. The number of carbonyl (C=O) groups excluding carboxylic acids is 1. The molecular formula is C20H13ClN2O5. The van der Waals surface area contributed by atoms with Gasteiger partial charge in [0.2, 0.25) is 0 Å². The zero-order valence-electron chi connectivity index (χ0n) is 14.4. The molecule has 0 spiro atoms. The molecule has 0 unspecified atom stereocenters. The molecule has 3 heterocycles. The minimum absolute atomic E-state index is 0.0894. The predicted octanol–water partition coefficient (Wildman–Crippen LogP) is 4.03. The van der Waals surface area contributed by atoms with Gasteiger partial charge >= 0.3 is 11.6 Å². The molecule has 7 nitrogen and oxygen atoms in total. The Kier molecular flexibility index (Phi) is 4.90. The molecule has 4 rings (SSSR count). The molecule has 8 heteroatoms. The Morgan fingerprint density at radius 1 is 1.14 bits per heavy atom. The molecule has 0 amide bonds. The Labute approximate surface area is 163 Å². The average Bonchev–Trinajstić information content (AvgIpc) is 3.12. The van der Waals surface area contributed by atoms with Gasteiger partial charge in [0.25, 0.3) is 0 Å². The van der Waals surface area contributed by atoms with Crippen LogP contribution in [0.4, 0.5) is 0 Å². The fourth-order valence-corrected chi connectivity index (χ4v) is 2.83. The van der Waals surface area contributed by atoms with Crippen LogP contribution >= 0.6 is 11.6 Å². The molecule has 3 aromatic heterocycles. The van der Waals surface area contributed by atoms with Gasteiger partial charge in [-0.1, -0.05) is 22.8 Å². The van der Waals surface area contributed by atoms with Gasteiger partial charge in [-0.15, -0.1) is 0 Å². The summed E-state index contributed by atoms with van der Waals surface area (Å²) >= 11 is 5.66. The van der Waals surface area contributed by atoms with Crippen molar-refractivity contribution in [2.45, 2.75) is 12.8 Å². The summed E-state index contributed by atoms with van der Waals surface area (Å²) in [7, 11) is 0. The Bertz CT molecular complexity index is 1200. The SMILES string of the molecule is O=C(CCc1cc(Cl)no1)Oc1ccc2cc(-c3ccccn3)c(=O)oc2c1. The highest BCUT2D eigenvalue weighted by Gasteiger charge is 2.12. The molecule has 28 heavy (non-hydrogen) atoms. The molecule has 0 saturated carbocycles. The smallest absolute Gasteiger partial charge is 0.345 e. The van der Waals surface area contributed by atoms with Crippen LogP contribution in [0, 0.1) is 0 Å². The highest BCUT2D eigenvalue weighted by molar-refractivity contribution is 6.29. The summed E-state index contributed by atoms with van der Waals surface area (Å²) in [5.41, 5.74) is 0.693. The maximum absolute atomic E-state index is 12.3.